The maximum absolute atomic E-state index is 12.9. The average molecular weight is 364 g/mol. The molecule has 1 aliphatic carbocycles. The van der Waals surface area contributed by atoms with Gasteiger partial charge in [-0.15, -0.1) is 0 Å². The number of carboxylic acids is 1. The first kappa shape index (κ1) is 21.3. The van der Waals surface area contributed by atoms with Crippen LogP contribution in [0.3, 0.4) is 0 Å². The molecule has 0 spiro atoms. The van der Waals surface area contributed by atoms with Crippen LogP contribution in [0.25, 0.3) is 0 Å². The standard InChI is InChI=1S/C17H26F2O6/c1-4-16(2,3)15(23)25-12-7-5-11(6-8-12)10-24-13(20)9-17(18,19)14(21)22/h11-12H,4-10H2,1-3H3,(H,21,22). The Balaban J connectivity index is 2.32. The molecule has 0 aromatic carbocycles. The highest BCUT2D eigenvalue weighted by Crippen LogP contribution is 2.30. The molecule has 0 radical (unpaired) electrons. The molecule has 1 saturated carbocycles. The first-order valence-corrected chi connectivity index (χ1v) is 8.46. The lowest BCUT2D eigenvalue weighted by Gasteiger charge is -2.30. The summed E-state index contributed by atoms with van der Waals surface area (Å²) in [4.78, 5) is 33.6. The second-order valence-electron chi connectivity index (χ2n) is 7.15. The molecule has 8 heteroatoms. The van der Waals surface area contributed by atoms with Gasteiger partial charge in [0.05, 0.1) is 12.0 Å². The van der Waals surface area contributed by atoms with Crippen LogP contribution in [0, 0.1) is 11.3 Å². The van der Waals surface area contributed by atoms with Gasteiger partial charge in [0.1, 0.15) is 12.5 Å². The second-order valence-corrected chi connectivity index (χ2v) is 7.15. The van der Waals surface area contributed by atoms with E-state index in [1.165, 1.54) is 0 Å². The zero-order chi connectivity index (χ0) is 19.3. The maximum atomic E-state index is 12.9. The Morgan fingerprint density at radius 3 is 2.16 bits per heavy atom. The molecule has 0 saturated heterocycles. The monoisotopic (exact) mass is 364 g/mol. The van der Waals surface area contributed by atoms with E-state index < -0.39 is 29.7 Å². The average Bonchev–Trinajstić information content (AvgIpc) is 2.53. The van der Waals surface area contributed by atoms with Crippen molar-refractivity contribution in [3.8, 4) is 0 Å². The van der Waals surface area contributed by atoms with Gasteiger partial charge in [0.25, 0.3) is 0 Å². The molecule has 1 fully saturated rings. The summed E-state index contributed by atoms with van der Waals surface area (Å²) >= 11 is 0. The number of esters is 2. The third-order valence-electron chi connectivity index (χ3n) is 4.66. The van der Waals surface area contributed by atoms with E-state index in [0.717, 1.165) is 0 Å². The summed E-state index contributed by atoms with van der Waals surface area (Å²) in [6.45, 7) is 5.54. The molecular formula is C17H26F2O6. The number of ether oxygens (including phenoxy) is 2. The van der Waals surface area contributed by atoms with Gasteiger partial charge < -0.3 is 14.6 Å². The summed E-state index contributed by atoms with van der Waals surface area (Å²) in [5.41, 5.74) is -0.526. The highest BCUT2D eigenvalue weighted by molar-refractivity contribution is 5.82. The zero-order valence-electron chi connectivity index (χ0n) is 14.8. The topological polar surface area (TPSA) is 89.9 Å². The largest absolute Gasteiger partial charge is 0.477 e. The molecule has 0 amide bonds. The van der Waals surface area contributed by atoms with Crippen LogP contribution in [0.1, 0.15) is 59.3 Å². The number of carbonyl (C=O) groups excluding carboxylic acids is 2. The minimum atomic E-state index is -4.12. The van der Waals surface area contributed by atoms with Crippen molar-refractivity contribution >= 4 is 17.9 Å². The minimum absolute atomic E-state index is 0.00321. The normalized spacial score (nSPS) is 21.5. The van der Waals surface area contributed by atoms with E-state index in [-0.39, 0.29) is 24.6 Å². The molecule has 144 valence electrons. The summed E-state index contributed by atoms with van der Waals surface area (Å²) < 4.78 is 36.1. The van der Waals surface area contributed by atoms with Crippen LogP contribution in [-0.2, 0) is 23.9 Å². The molecule has 0 aromatic rings. The second kappa shape index (κ2) is 8.58. The highest BCUT2D eigenvalue weighted by Gasteiger charge is 2.42. The Kier molecular flexibility index (Phi) is 7.31. The van der Waals surface area contributed by atoms with E-state index in [0.29, 0.717) is 32.1 Å². The van der Waals surface area contributed by atoms with E-state index in [9.17, 15) is 23.2 Å². The summed E-state index contributed by atoms with van der Waals surface area (Å²) in [6, 6.07) is 0. The van der Waals surface area contributed by atoms with Crippen molar-refractivity contribution in [3.63, 3.8) is 0 Å². The van der Waals surface area contributed by atoms with Crippen molar-refractivity contribution in [2.45, 2.75) is 71.3 Å². The Hall–Kier alpha value is -1.73. The van der Waals surface area contributed by atoms with Crippen molar-refractivity contribution in [1.29, 1.82) is 0 Å². The number of carboxylic acid groups (broad SMARTS) is 1. The molecule has 6 nitrogen and oxygen atoms in total. The van der Waals surface area contributed by atoms with Crippen molar-refractivity contribution in [3.05, 3.63) is 0 Å². The predicted octanol–water partition coefficient (Wildman–Crippen LogP) is 3.18. The Morgan fingerprint density at radius 2 is 1.68 bits per heavy atom. The van der Waals surface area contributed by atoms with Gasteiger partial charge in [-0.1, -0.05) is 6.92 Å². The van der Waals surface area contributed by atoms with E-state index in [1.807, 2.05) is 20.8 Å². The van der Waals surface area contributed by atoms with Crippen LogP contribution in [0.4, 0.5) is 8.78 Å². The molecule has 0 heterocycles. The number of rotatable bonds is 8. The zero-order valence-corrected chi connectivity index (χ0v) is 14.8. The Labute approximate surface area is 145 Å². The van der Waals surface area contributed by atoms with Gasteiger partial charge in [-0.25, -0.2) is 4.79 Å². The first-order chi connectivity index (χ1) is 11.5. The van der Waals surface area contributed by atoms with Crippen LogP contribution in [-0.4, -0.2) is 41.6 Å². The van der Waals surface area contributed by atoms with Crippen molar-refractivity contribution < 1.29 is 37.7 Å². The summed E-state index contributed by atoms with van der Waals surface area (Å²) in [6.07, 6.45) is 1.57. The fourth-order valence-electron chi connectivity index (χ4n) is 2.39. The van der Waals surface area contributed by atoms with E-state index in [4.69, 9.17) is 14.6 Å². The van der Waals surface area contributed by atoms with Gasteiger partial charge in [0.2, 0.25) is 0 Å². The SMILES string of the molecule is CCC(C)(C)C(=O)OC1CCC(COC(=O)CC(F)(F)C(=O)O)CC1. The Bertz CT molecular complexity index is 495. The number of halogens is 2. The molecule has 0 unspecified atom stereocenters. The van der Waals surface area contributed by atoms with Crippen LogP contribution in [0.5, 0.6) is 0 Å². The van der Waals surface area contributed by atoms with Crippen LogP contribution in [0.15, 0.2) is 0 Å². The highest BCUT2D eigenvalue weighted by atomic mass is 19.3. The Morgan fingerprint density at radius 1 is 1.12 bits per heavy atom. The number of alkyl halides is 2. The molecule has 25 heavy (non-hydrogen) atoms. The lowest BCUT2D eigenvalue weighted by molar-refractivity contribution is -0.174. The summed E-state index contributed by atoms with van der Waals surface area (Å²) in [5.74, 6) is -7.93. The molecule has 1 rings (SSSR count). The maximum Gasteiger partial charge on any atom is 0.375 e. The summed E-state index contributed by atoms with van der Waals surface area (Å²) in [7, 11) is 0. The molecule has 1 aliphatic rings. The van der Waals surface area contributed by atoms with Crippen molar-refractivity contribution in [2.75, 3.05) is 6.61 Å². The third-order valence-corrected chi connectivity index (χ3v) is 4.66. The molecule has 0 atom stereocenters. The van der Waals surface area contributed by atoms with Crippen LogP contribution in [0.2, 0.25) is 0 Å². The number of hydrogen-bond donors (Lipinski definition) is 1. The third kappa shape index (κ3) is 6.59. The van der Waals surface area contributed by atoms with E-state index in [1.54, 1.807) is 0 Å². The van der Waals surface area contributed by atoms with Gasteiger partial charge in [0, 0.05) is 0 Å². The minimum Gasteiger partial charge on any atom is -0.477 e. The predicted molar refractivity (Wildman–Crippen MR) is 84.1 cm³/mol. The number of aliphatic carboxylic acids is 1. The van der Waals surface area contributed by atoms with E-state index in [2.05, 4.69) is 0 Å². The molecular weight excluding hydrogens is 338 g/mol. The van der Waals surface area contributed by atoms with Gasteiger partial charge in [0.15, 0.2) is 0 Å². The fraction of sp³-hybridized carbons (Fsp3) is 0.824. The molecule has 0 bridgehead atoms. The fourth-order valence-corrected chi connectivity index (χ4v) is 2.39. The van der Waals surface area contributed by atoms with Crippen LogP contribution < -0.4 is 0 Å². The summed E-state index contributed by atoms with van der Waals surface area (Å²) in [5, 5.41) is 8.28. The lowest BCUT2D eigenvalue weighted by Crippen LogP contribution is -2.34. The first-order valence-electron chi connectivity index (χ1n) is 8.46. The van der Waals surface area contributed by atoms with Crippen molar-refractivity contribution in [1.82, 2.24) is 0 Å². The quantitative estimate of drug-likeness (QED) is 0.665. The van der Waals surface area contributed by atoms with Gasteiger partial charge in [-0.3, -0.25) is 9.59 Å². The van der Waals surface area contributed by atoms with Gasteiger partial charge in [-0.2, -0.15) is 8.78 Å². The van der Waals surface area contributed by atoms with Crippen molar-refractivity contribution in [2.24, 2.45) is 11.3 Å². The molecule has 0 aromatic heterocycles. The lowest BCUT2D eigenvalue weighted by atomic mass is 9.87. The van der Waals surface area contributed by atoms with Gasteiger partial charge in [-0.05, 0) is 51.9 Å². The molecule has 0 aliphatic heterocycles. The number of carbonyl (C=O) groups is 3. The van der Waals surface area contributed by atoms with Gasteiger partial charge >= 0.3 is 23.8 Å². The smallest absolute Gasteiger partial charge is 0.375 e. The molecule has 1 N–H and O–H groups in total. The van der Waals surface area contributed by atoms with Crippen LogP contribution >= 0.6 is 0 Å². The van der Waals surface area contributed by atoms with E-state index >= 15 is 0 Å². The number of hydrogen-bond acceptors (Lipinski definition) is 5.